The Kier molecular flexibility index (Phi) is 4.37. The van der Waals surface area contributed by atoms with Crippen molar-refractivity contribution in [3.63, 3.8) is 0 Å². The van der Waals surface area contributed by atoms with E-state index in [0.717, 1.165) is 18.6 Å². The molecule has 2 unspecified atom stereocenters. The van der Waals surface area contributed by atoms with Gasteiger partial charge < -0.3 is 9.63 Å². The van der Waals surface area contributed by atoms with Crippen LogP contribution in [0, 0.1) is 0 Å². The predicted molar refractivity (Wildman–Crippen MR) is 69.0 cm³/mol. The molecule has 1 aliphatic heterocycles. The zero-order valence-electron chi connectivity index (χ0n) is 11.3. The van der Waals surface area contributed by atoms with E-state index in [1.807, 2.05) is 0 Å². The van der Waals surface area contributed by atoms with Crippen molar-refractivity contribution in [1.29, 1.82) is 0 Å². The van der Waals surface area contributed by atoms with Crippen LogP contribution < -0.4 is 14.9 Å². The minimum Gasteiger partial charge on any atom is -0.539 e. The molecule has 1 fully saturated rings. The summed E-state index contributed by atoms with van der Waals surface area (Å²) in [7, 11) is 0. The van der Waals surface area contributed by atoms with Gasteiger partial charge in [0.1, 0.15) is 5.27 Å². The second-order valence-corrected chi connectivity index (χ2v) is 6.12. The summed E-state index contributed by atoms with van der Waals surface area (Å²) < 4.78 is 4.84. The lowest BCUT2D eigenvalue weighted by Crippen LogP contribution is -2.69. The monoisotopic (exact) mass is 271 g/mol. The Morgan fingerprint density at radius 2 is 2.11 bits per heavy atom. The van der Waals surface area contributed by atoms with Crippen molar-refractivity contribution in [2.45, 2.75) is 57.9 Å². The highest BCUT2D eigenvalue weighted by molar-refractivity contribution is 7.98. The van der Waals surface area contributed by atoms with E-state index in [1.54, 1.807) is 16.6 Å². The van der Waals surface area contributed by atoms with Gasteiger partial charge in [0, 0.05) is 4.79 Å². The largest absolute Gasteiger partial charge is 0.539 e. The molecule has 0 radical (unpaired) electrons. The molecule has 6 heteroatoms. The minimum atomic E-state index is -0.305. The van der Waals surface area contributed by atoms with E-state index in [4.69, 9.17) is 4.52 Å². The molecule has 102 valence electrons. The summed E-state index contributed by atoms with van der Waals surface area (Å²) in [6.07, 6.45) is 3.51. The summed E-state index contributed by atoms with van der Waals surface area (Å²) in [5.74, 6) is 1.34. The lowest BCUT2D eigenvalue weighted by Gasteiger charge is -2.32. The van der Waals surface area contributed by atoms with Crippen LogP contribution in [0.1, 0.15) is 45.7 Å². The van der Waals surface area contributed by atoms with Crippen molar-refractivity contribution in [2.24, 2.45) is 0 Å². The number of aromatic nitrogens is 2. The van der Waals surface area contributed by atoms with E-state index in [2.05, 4.69) is 31.1 Å². The van der Waals surface area contributed by atoms with E-state index in [0.29, 0.717) is 23.5 Å². The van der Waals surface area contributed by atoms with Gasteiger partial charge in [0.2, 0.25) is 0 Å². The standard InChI is InChI=1S/C12H21N3O2S/c1-4-18-8-11-12(16)17-13-15(11)14-9(2)6-5-7-10(14)3/h9-10H,4-8H2,1-3H3. The molecule has 0 saturated carbocycles. The number of nitrogens with zero attached hydrogens (tertiary/aromatic N) is 3. The Bertz CT molecular complexity index is 387. The average molecular weight is 271 g/mol. The van der Waals surface area contributed by atoms with E-state index in [-0.39, 0.29) is 5.95 Å². The highest BCUT2D eigenvalue weighted by atomic mass is 32.2. The molecule has 2 heterocycles. The van der Waals surface area contributed by atoms with Gasteiger partial charge in [-0.3, -0.25) is 0 Å². The number of rotatable bonds is 4. The molecule has 5 nitrogen and oxygen atoms in total. The molecular formula is C12H21N3O2S. The number of hydrogen-bond donors (Lipinski definition) is 0. The van der Waals surface area contributed by atoms with Gasteiger partial charge in [-0.05, 0) is 38.9 Å². The molecule has 0 aromatic carbocycles. The molecule has 1 aromatic rings. The third kappa shape index (κ3) is 2.58. The van der Waals surface area contributed by atoms with Gasteiger partial charge in [-0.15, -0.1) is 5.01 Å². The first-order valence-electron chi connectivity index (χ1n) is 6.59. The van der Waals surface area contributed by atoms with Crippen molar-refractivity contribution < 1.29 is 14.4 Å². The average Bonchev–Trinajstić information content (AvgIpc) is 2.68. The number of hydrogen-bond acceptors (Lipinski definition) is 5. The van der Waals surface area contributed by atoms with Crippen LogP contribution in [0.3, 0.4) is 0 Å². The van der Waals surface area contributed by atoms with Gasteiger partial charge in [-0.25, -0.2) is 0 Å². The van der Waals surface area contributed by atoms with Gasteiger partial charge >= 0.3 is 0 Å². The van der Waals surface area contributed by atoms with Crippen LogP contribution in [0.5, 0.6) is 5.95 Å². The lowest BCUT2D eigenvalue weighted by molar-refractivity contribution is -0.771. The summed E-state index contributed by atoms with van der Waals surface area (Å²) in [4.78, 5) is 1.71. The molecule has 0 amide bonds. The maximum atomic E-state index is 11.7. The van der Waals surface area contributed by atoms with Crippen LogP contribution in [0.25, 0.3) is 0 Å². The fourth-order valence-electron chi connectivity index (χ4n) is 2.54. The maximum Gasteiger partial charge on any atom is 0.277 e. The molecule has 1 saturated heterocycles. The predicted octanol–water partition coefficient (Wildman–Crippen LogP) is 1.19. The van der Waals surface area contributed by atoms with Crippen molar-refractivity contribution in [3.8, 4) is 5.95 Å². The molecule has 0 aliphatic carbocycles. The molecule has 0 spiro atoms. The normalized spacial score (nSPS) is 24.5. The van der Waals surface area contributed by atoms with Gasteiger partial charge in [0.15, 0.2) is 5.95 Å². The van der Waals surface area contributed by atoms with Crippen LogP contribution in [-0.4, -0.2) is 23.1 Å². The third-order valence-corrected chi connectivity index (χ3v) is 4.37. The van der Waals surface area contributed by atoms with Gasteiger partial charge in [0.05, 0.1) is 17.8 Å². The Morgan fingerprint density at radius 1 is 1.44 bits per heavy atom. The van der Waals surface area contributed by atoms with Crippen LogP contribution >= 0.6 is 11.8 Å². The van der Waals surface area contributed by atoms with Crippen LogP contribution in [0.15, 0.2) is 4.52 Å². The molecule has 2 rings (SSSR count). The van der Waals surface area contributed by atoms with E-state index in [1.165, 1.54) is 6.42 Å². The molecule has 1 aromatic heterocycles. The Balaban J connectivity index is 2.25. The first-order valence-corrected chi connectivity index (χ1v) is 7.74. The third-order valence-electron chi connectivity index (χ3n) is 3.49. The summed E-state index contributed by atoms with van der Waals surface area (Å²) in [6, 6.07) is 0.794. The van der Waals surface area contributed by atoms with E-state index >= 15 is 0 Å². The molecule has 0 bridgehead atoms. The quantitative estimate of drug-likeness (QED) is 0.770. The first-order chi connectivity index (χ1) is 8.65. The summed E-state index contributed by atoms with van der Waals surface area (Å²) in [5, 5.41) is 17.8. The van der Waals surface area contributed by atoms with E-state index in [9.17, 15) is 5.11 Å². The first kappa shape index (κ1) is 13.5. The van der Waals surface area contributed by atoms with Gasteiger partial charge in [-0.1, -0.05) is 6.92 Å². The minimum absolute atomic E-state index is 0.305. The Labute approximate surface area is 112 Å². The maximum absolute atomic E-state index is 11.7. The van der Waals surface area contributed by atoms with Gasteiger partial charge in [0.25, 0.3) is 5.69 Å². The summed E-state index contributed by atoms with van der Waals surface area (Å²) in [6.45, 7) is 6.44. The molecule has 1 aliphatic rings. The van der Waals surface area contributed by atoms with Gasteiger partial charge in [-0.2, -0.15) is 11.8 Å². The summed E-state index contributed by atoms with van der Waals surface area (Å²) >= 11 is 1.71. The molecule has 2 atom stereocenters. The van der Waals surface area contributed by atoms with Crippen LogP contribution in [-0.2, 0) is 5.75 Å². The molecule has 18 heavy (non-hydrogen) atoms. The SMILES string of the molecule is CCSCc1c([O-])on[n+]1N1C(C)CCCC1C. The Hall–Kier alpha value is -0.910. The van der Waals surface area contributed by atoms with E-state index < -0.39 is 0 Å². The second-order valence-electron chi connectivity index (χ2n) is 4.84. The smallest absolute Gasteiger partial charge is 0.277 e. The van der Waals surface area contributed by atoms with Crippen molar-refractivity contribution in [3.05, 3.63) is 5.69 Å². The zero-order chi connectivity index (χ0) is 13.1. The molecular weight excluding hydrogens is 250 g/mol. The number of thioether (sulfide) groups is 1. The second kappa shape index (κ2) is 5.82. The number of piperidine rings is 1. The highest BCUT2D eigenvalue weighted by Gasteiger charge is 2.35. The summed E-state index contributed by atoms with van der Waals surface area (Å²) in [5.41, 5.74) is 0.655. The van der Waals surface area contributed by atoms with Crippen molar-refractivity contribution >= 4 is 11.8 Å². The van der Waals surface area contributed by atoms with Crippen LogP contribution in [0.4, 0.5) is 0 Å². The Morgan fingerprint density at radius 3 is 2.72 bits per heavy atom. The lowest BCUT2D eigenvalue weighted by atomic mass is 10.00. The van der Waals surface area contributed by atoms with Crippen molar-refractivity contribution in [1.82, 2.24) is 5.27 Å². The van der Waals surface area contributed by atoms with Crippen molar-refractivity contribution in [2.75, 3.05) is 10.8 Å². The topological polar surface area (TPSA) is 56.2 Å². The highest BCUT2D eigenvalue weighted by Crippen LogP contribution is 2.21. The zero-order valence-corrected chi connectivity index (χ0v) is 12.1. The van der Waals surface area contributed by atoms with Crippen LogP contribution in [0.2, 0.25) is 0 Å². The fraction of sp³-hybridized carbons (Fsp3) is 0.833. The fourth-order valence-corrected chi connectivity index (χ4v) is 3.17. The molecule has 0 N–H and O–H groups in total.